The van der Waals surface area contributed by atoms with Crippen LogP contribution in [0.1, 0.15) is 112 Å². The first kappa shape index (κ1) is 22.9. The highest BCUT2D eigenvalue weighted by molar-refractivity contribution is 5.25. The van der Waals surface area contributed by atoms with Crippen molar-refractivity contribution >= 4 is 0 Å². The molecule has 0 aromatic carbocycles. The van der Waals surface area contributed by atoms with Gasteiger partial charge in [0.2, 0.25) is 0 Å². The number of aliphatic hydroxyl groups is 1. The Balaban J connectivity index is 1.47. The summed E-state index contributed by atoms with van der Waals surface area (Å²) < 4.78 is 0. The zero-order valence-corrected chi connectivity index (χ0v) is 20.9. The van der Waals surface area contributed by atoms with Gasteiger partial charge in [0.25, 0.3) is 0 Å². The topological polar surface area (TPSA) is 20.2 Å². The quantitative estimate of drug-likeness (QED) is 0.436. The molecule has 172 valence electrons. The van der Waals surface area contributed by atoms with Gasteiger partial charge in [-0.2, -0.15) is 0 Å². The monoisotopic (exact) mass is 414 g/mol. The molecule has 1 N–H and O–H groups in total. The Morgan fingerprint density at radius 1 is 1.00 bits per heavy atom. The lowest BCUT2D eigenvalue weighted by Gasteiger charge is -2.58. The third-order valence-corrected chi connectivity index (χ3v) is 11.3. The zero-order chi connectivity index (χ0) is 21.7. The van der Waals surface area contributed by atoms with Crippen LogP contribution in [0.15, 0.2) is 11.6 Å². The molecule has 0 saturated heterocycles. The summed E-state index contributed by atoms with van der Waals surface area (Å²) >= 11 is 0. The van der Waals surface area contributed by atoms with Gasteiger partial charge >= 0.3 is 0 Å². The second-order valence-corrected chi connectivity index (χ2v) is 12.9. The fourth-order valence-corrected chi connectivity index (χ4v) is 9.30. The molecule has 4 aliphatic rings. The van der Waals surface area contributed by atoms with Crippen LogP contribution >= 0.6 is 0 Å². The molecule has 4 aliphatic carbocycles. The van der Waals surface area contributed by atoms with Crippen molar-refractivity contribution in [3.8, 4) is 0 Å². The van der Waals surface area contributed by atoms with Crippen molar-refractivity contribution in [2.24, 2.45) is 52.3 Å². The van der Waals surface area contributed by atoms with Crippen LogP contribution < -0.4 is 0 Å². The van der Waals surface area contributed by atoms with Gasteiger partial charge in [-0.05, 0) is 110 Å². The highest BCUT2D eigenvalue weighted by atomic mass is 16.3. The Kier molecular flexibility index (Phi) is 6.53. The minimum Gasteiger partial charge on any atom is -0.393 e. The molecule has 0 unspecified atom stereocenters. The van der Waals surface area contributed by atoms with Gasteiger partial charge in [0.1, 0.15) is 0 Å². The Hall–Kier alpha value is -0.300. The van der Waals surface area contributed by atoms with Crippen LogP contribution in [0, 0.1) is 52.3 Å². The first-order valence-electron chi connectivity index (χ1n) is 13.6. The average molecular weight is 415 g/mol. The lowest BCUT2D eigenvalue weighted by Crippen LogP contribution is -2.50. The maximum Gasteiger partial charge on any atom is 0.0577 e. The van der Waals surface area contributed by atoms with E-state index >= 15 is 0 Å². The predicted octanol–water partition coefficient (Wildman–Crippen LogP) is 8.02. The zero-order valence-electron chi connectivity index (χ0n) is 20.9. The molecule has 3 fully saturated rings. The Bertz CT molecular complexity index is 634. The van der Waals surface area contributed by atoms with Crippen LogP contribution in [0.3, 0.4) is 0 Å². The summed E-state index contributed by atoms with van der Waals surface area (Å²) in [5.41, 5.74) is 2.59. The number of hydrogen-bond donors (Lipinski definition) is 1. The van der Waals surface area contributed by atoms with E-state index < -0.39 is 0 Å². The van der Waals surface area contributed by atoms with E-state index in [2.05, 4.69) is 47.6 Å². The lowest BCUT2D eigenvalue weighted by molar-refractivity contribution is -0.0575. The fraction of sp³-hybridized carbons (Fsp3) is 0.931. The molecule has 4 rings (SSSR count). The third kappa shape index (κ3) is 3.74. The third-order valence-electron chi connectivity index (χ3n) is 11.3. The molecule has 0 aromatic rings. The highest BCUT2D eigenvalue weighted by Crippen LogP contribution is 2.67. The van der Waals surface area contributed by atoms with Crippen LogP contribution in [-0.4, -0.2) is 11.2 Å². The van der Waals surface area contributed by atoms with Gasteiger partial charge in [-0.3, -0.25) is 0 Å². The minimum absolute atomic E-state index is 0.0794. The molecule has 0 aromatic heterocycles. The highest BCUT2D eigenvalue weighted by Gasteiger charge is 2.59. The number of aliphatic hydroxyl groups excluding tert-OH is 1. The first-order valence-corrected chi connectivity index (χ1v) is 13.6. The molecule has 3 saturated carbocycles. The molecule has 0 amide bonds. The molecular weight excluding hydrogens is 364 g/mol. The number of allylic oxidation sites excluding steroid dienone is 1. The molecule has 1 nitrogen and oxygen atoms in total. The normalized spacial score (nSPS) is 45.3. The van der Waals surface area contributed by atoms with Crippen molar-refractivity contribution in [3.05, 3.63) is 11.6 Å². The van der Waals surface area contributed by atoms with E-state index in [9.17, 15) is 5.11 Å². The Morgan fingerprint density at radius 3 is 2.47 bits per heavy atom. The second-order valence-electron chi connectivity index (χ2n) is 12.9. The van der Waals surface area contributed by atoms with E-state index in [0.29, 0.717) is 10.8 Å². The maximum atomic E-state index is 10.2. The van der Waals surface area contributed by atoms with Crippen LogP contribution in [-0.2, 0) is 0 Å². The standard InChI is InChI=1S/C29H50O/c1-7-21(19(2)3)9-8-20(4)25-12-13-26-24-11-10-22-18-23(30)14-16-28(22,5)27(24)15-17-29(25,26)6/h10,19-21,23-27,30H,7-9,11-18H2,1-6H3/t20-,21-,23+,24-,25+,26+,27+,28-,29-/m1/s1. The van der Waals surface area contributed by atoms with E-state index in [-0.39, 0.29) is 6.10 Å². The van der Waals surface area contributed by atoms with Gasteiger partial charge in [0.05, 0.1) is 6.10 Å². The van der Waals surface area contributed by atoms with Gasteiger partial charge in [-0.25, -0.2) is 0 Å². The largest absolute Gasteiger partial charge is 0.393 e. The maximum absolute atomic E-state index is 10.2. The molecule has 0 heterocycles. The van der Waals surface area contributed by atoms with Crippen LogP contribution in [0.25, 0.3) is 0 Å². The minimum atomic E-state index is -0.0794. The molecule has 1 heteroatoms. The number of rotatable bonds is 6. The molecule has 30 heavy (non-hydrogen) atoms. The first-order chi connectivity index (χ1) is 14.2. The van der Waals surface area contributed by atoms with Crippen molar-refractivity contribution in [3.63, 3.8) is 0 Å². The fourth-order valence-electron chi connectivity index (χ4n) is 9.30. The number of fused-ring (bicyclic) bond motifs is 5. The van der Waals surface area contributed by atoms with Crippen molar-refractivity contribution in [1.29, 1.82) is 0 Å². The van der Waals surface area contributed by atoms with Crippen LogP contribution in [0.4, 0.5) is 0 Å². The van der Waals surface area contributed by atoms with Gasteiger partial charge in [-0.1, -0.05) is 66.0 Å². The predicted molar refractivity (Wildman–Crippen MR) is 128 cm³/mol. The Labute approximate surface area is 187 Å². The molecule has 0 aliphatic heterocycles. The van der Waals surface area contributed by atoms with Crippen LogP contribution in [0.2, 0.25) is 0 Å². The van der Waals surface area contributed by atoms with Crippen molar-refractivity contribution < 1.29 is 5.11 Å². The molecule has 0 bridgehead atoms. The summed E-state index contributed by atoms with van der Waals surface area (Å²) in [5, 5.41) is 10.2. The van der Waals surface area contributed by atoms with Crippen molar-refractivity contribution in [2.75, 3.05) is 0 Å². The summed E-state index contributed by atoms with van der Waals surface area (Å²) in [6, 6.07) is 0. The van der Waals surface area contributed by atoms with E-state index in [0.717, 1.165) is 54.3 Å². The van der Waals surface area contributed by atoms with E-state index in [1.165, 1.54) is 57.8 Å². The van der Waals surface area contributed by atoms with E-state index in [1.54, 1.807) is 5.57 Å². The SMILES string of the molecule is CC[C@H](CC[C@@H](C)[C@@H]1CC[C@H]2[C@H]3CC=C4C[C@@H](O)CC[C@@]4(C)[C@H]3CC[C@@]21C)C(C)C. The Morgan fingerprint density at radius 2 is 1.77 bits per heavy atom. The van der Waals surface area contributed by atoms with Gasteiger partial charge in [0.15, 0.2) is 0 Å². The van der Waals surface area contributed by atoms with E-state index in [4.69, 9.17) is 0 Å². The van der Waals surface area contributed by atoms with Crippen molar-refractivity contribution in [1.82, 2.24) is 0 Å². The second kappa shape index (κ2) is 8.57. The smallest absolute Gasteiger partial charge is 0.0577 e. The van der Waals surface area contributed by atoms with Gasteiger partial charge in [0, 0.05) is 0 Å². The summed E-state index contributed by atoms with van der Waals surface area (Å²) in [6.45, 7) is 15.1. The molecular formula is C29H50O. The lowest BCUT2D eigenvalue weighted by atomic mass is 9.47. The molecule has 9 atom stereocenters. The average Bonchev–Trinajstić information content (AvgIpc) is 3.06. The summed E-state index contributed by atoms with van der Waals surface area (Å²) in [5.74, 6) is 6.31. The summed E-state index contributed by atoms with van der Waals surface area (Å²) in [7, 11) is 0. The molecule has 0 radical (unpaired) electrons. The van der Waals surface area contributed by atoms with Gasteiger partial charge in [-0.15, -0.1) is 0 Å². The molecule has 0 spiro atoms. The van der Waals surface area contributed by atoms with Crippen molar-refractivity contribution in [2.45, 2.75) is 118 Å². The van der Waals surface area contributed by atoms with Crippen LogP contribution in [0.5, 0.6) is 0 Å². The summed E-state index contributed by atoms with van der Waals surface area (Å²) in [4.78, 5) is 0. The van der Waals surface area contributed by atoms with E-state index in [1.807, 2.05) is 0 Å². The summed E-state index contributed by atoms with van der Waals surface area (Å²) in [6.07, 6.45) is 17.1. The van der Waals surface area contributed by atoms with Gasteiger partial charge < -0.3 is 5.11 Å². The number of hydrogen-bond acceptors (Lipinski definition) is 1.